The lowest BCUT2D eigenvalue weighted by atomic mass is 10.1. The summed E-state index contributed by atoms with van der Waals surface area (Å²) in [5.41, 5.74) is 0. The minimum Gasteiger partial charge on any atom is -0.311 e. The molecule has 0 aromatic carbocycles. The summed E-state index contributed by atoms with van der Waals surface area (Å²) in [6, 6.07) is 0.0933. The lowest BCUT2D eigenvalue weighted by Crippen LogP contribution is -2.34. The first-order valence-electron chi connectivity index (χ1n) is 6.48. The van der Waals surface area contributed by atoms with Crippen molar-refractivity contribution in [2.24, 2.45) is 0 Å². The fourth-order valence-electron chi connectivity index (χ4n) is 2.19. The van der Waals surface area contributed by atoms with E-state index in [0.29, 0.717) is 6.42 Å². The smallest absolute Gasteiger partial charge is 0.117 e. The highest BCUT2D eigenvalue weighted by Crippen LogP contribution is 2.14. The number of nitrogens with zero attached hydrogens (tertiary/aromatic N) is 1. The van der Waals surface area contributed by atoms with Crippen molar-refractivity contribution in [3.05, 3.63) is 12.2 Å². The summed E-state index contributed by atoms with van der Waals surface area (Å²) in [6.07, 6.45) is 6.37. The van der Waals surface area contributed by atoms with Gasteiger partial charge in [-0.15, -0.1) is 0 Å². The summed E-state index contributed by atoms with van der Waals surface area (Å²) < 4.78 is 13.4. The summed E-state index contributed by atoms with van der Waals surface area (Å²) in [7, 11) is 0. The average Bonchev–Trinajstić information content (AvgIpc) is 2.69. The van der Waals surface area contributed by atoms with Gasteiger partial charge < -0.3 is 10.2 Å². The van der Waals surface area contributed by atoms with E-state index in [1.807, 2.05) is 6.92 Å². The van der Waals surface area contributed by atoms with Gasteiger partial charge in [-0.05, 0) is 45.8 Å². The van der Waals surface area contributed by atoms with Crippen molar-refractivity contribution < 1.29 is 4.39 Å². The van der Waals surface area contributed by atoms with Crippen LogP contribution >= 0.6 is 0 Å². The molecule has 0 saturated carbocycles. The quantitative estimate of drug-likeness (QED) is 0.673. The van der Waals surface area contributed by atoms with Gasteiger partial charge in [0.25, 0.3) is 0 Å². The SMILES string of the molecule is CC=CCCN(CC)CCC1NCCC1F. The Labute approximate surface area is 98.9 Å². The zero-order valence-corrected chi connectivity index (χ0v) is 10.6. The molecule has 16 heavy (non-hydrogen) atoms. The standard InChI is InChI=1S/C13H25FN2/c1-3-5-6-10-16(4-2)11-8-13-12(14)7-9-15-13/h3,5,12-13,15H,4,6-11H2,1-2H3. The predicted octanol–water partition coefficient (Wildman–Crippen LogP) is 2.36. The molecule has 0 spiro atoms. The molecular weight excluding hydrogens is 203 g/mol. The minimum atomic E-state index is -0.630. The molecule has 0 bridgehead atoms. The maximum Gasteiger partial charge on any atom is 0.117 e. The number of halogens is 1. The number of hydrogen-bond acceptors (Lipinski definition) is 2. The highest BCUT2D eigenvalue weighted by Gasteiger charge is 2.26. The van der Waals surface area contributed by atoms with Crippen LogP contribution in [0.3, 0.4) is 0 Å². The Morgan fingerprint density at radius 1 is 1.44 bits per heavy atom. The molecule has 1 rings (SSSR count). The average molecular weight is 228 g/mol. The van der Waals surface area contributed by atoms with Crippen molar-refractivity contribution in [3.8, 4) is 0 Å². The molecule has 2 unspecified atom stereocenters. The number of alkyl halides is 1. The fourth-order valence-corrected chi connectivity index (χ4v) is 2.19. The van der Waals surface area contributed by atoms with Crippen molar-refractivity contribution in [1.82, 2.24) is 10.2 Å². The van der Waals surface area contributed by atoms with E-state index in [9.17, 15) is 4.39 Å². The molecule has 0 aromatic rings. The summed E-state index contributed by atoms with van der Waals surface area (Å²) >= 11 is 0. The van der Waals surface area contributed by atoms with Gasteiger partial charge in [-0.1, -0.05) is 19.1 Å². The van der Waals surface area contributed by atoms with E-state index >= 15 is 0 Å². The molecule has 1 heterocycles. The molecule has 94 valence electrons. The van der Waals surface area contributed by atoms with E-state index in [-0.39, 0.29) is 6.04 Å². The zero-order chi connectivity index (χ0) is 11.8. The van der Waals surface area contributed by atoms with Crippen LogP contribution < -0.4 is 5.32 Å². The Hall–Kier alpha value is -0.410. The third kappa shape index (κ3) is 4.62. The number of allylic oxidation sites excluding steroid dienone is 1. The van der Waals surface area contributed by atoms with Crippen LogP contribution in [0.5, 0.6) is 0 Å². The van der Waals surface area contributed by atoms with Crippen LogP contribution in [0, 0.1) is 0 Å². The second-order valence-electron chi connectivity index (χ2n) is 4.45. The summed E-state index contributed by atoms with van der Waals surface area (Å²) in [6.45, 7) is 8.21. The molecule has 0 aliphatic carbocycles. The second-order valence-corrected chi connectivity index (χ2v) is 4.45. The van der Waals surface area contributed by atoms with Crippen LogP contribution in [0.2, 0.25) is 0 Å². The maximum atomic E-state index is 13.4. The third-order valence-corrected chi connectivity index (χ3v) is 3.31. The monoisotopic (exact) mass is 228 g/mol. The predicted molar refractivity (Wildman–Crippen MR) is 67.5 cm³/mol. The van der Waals surface area contributed by atoms with Crippen molar-refractivity contribution in [3.63, 3.8) is 0 Å². The summed E-state index contributed by atoms with van der Waals surface area (Å²) in [5.74, 6) is 0. The van der Waals surface area contributed by atoms with E-state index in [1.54, 1.807) is 0 Å². The lowest BCUT2D eigenvalue weighted by Gasteiger charge is -2.22. The highest BCUT2D eigenvalue weighted by molar-refractivity contribution is 4.84. The van der Waals surface area contributed by atoms with Gasteiger partial charge in [-0.2, -0.15) is 0 Å². The van der Waals surface area contributed by atoms with Gasteiger partial charge in [0.2, 0.25) is 0 Å². The molecule has 1 aliphatic rings. The zero-order valence-electron chi connectivity index (χ0n) is 10.6. The van der Waals surface area contributed by atoms with Crippen LogP contribution in [-0.4, -0.2) is 43.3 Å². The van der Waals surface area contributed by atoms with Gasteiger partial charge in [0.15, 0.2) is 0 Å². The van der Waals surface area contributed by atoms with E-state index in [1.165, 1.54) is 0 Å². The Balaban J connectivity index is 2.17. The number of rotatable bonds is 7. The van der Waals surface area contributed by atoms with Crippen molar-refractivity contribution in [2.75, 3.05) is 26.2 Å². The van der Waals surface area contributed by atoms with Crippen molar-refractivity contribution in [1.29, 1.82) is 0 Å². The summed E-state index contributed by atoms with van der Waals surface area (Å²) in [4.78, 5) is 2.40. The number of hydrogen-bond donors (Lipinski definition) is 1. The molecule has 1 N–H and O–H groups in total. The van der Waals surface area contributed by atoms with Gasteiger partial charge in [0, 0.05) is 12.6 Å². The van der Waals surface area contributed by atoms with Crippen molar-refractivity contribution in [2.45, 2.75) is 45.3 Å². The first kappa shape index (κ1) is 13.7. The minimum absolute atomic E-state index is 0.0933. The van der Waals surface area contributed by atoms with Crippen LogP contribution in [-0.2, 0) is 0 Å². The van der Waals surface area contributed by atoms with Crippen molar-refractivity contribution >= 4 is 0 Å². The Kier molecular flexibility index (Phi) is 6.65. The van der Waals surface area contributed by atoms with Gasteiger partial charge in [0.05, 0.1) is 0 Å². The highest BCUT2D eigenvalue weighted by atomic mass is 19.1. The molecule has 2 atom stereocenters. The lowest BCUT2D eigenvalue weighted by molar-refractivity contribution is 0.239. The Morgan fingerprint density at radius 2 is 2.25 bits per heavy atom. The van der Waals surface area contributed by atoms with Crippen LogP contribution in [0.4, 0.5) is 4.39 Å². The first-order valence-corrected chi connectivity index (χ1v) is 6.48. The fraction of sp³-hybridized carbons (Fsp3) is 0.846. The van der Waals surface area contributed by atoms with Gasteiger partial charge in [0.1, 0.15) is 6.17 Å². The molecule has 1 saturated heterocycles. The molecule has 0 amide bonds. The van der Waals surface area contributed by atoms with Crippen LogP contribution in [0.25, 0.3) is 0 Å². The van der Waals surface area contributed by atoms with E-state index < -0.39 is 6.17 Å². The molecule has 2 nitrogen and oxygen atoms in total. The first-order chi connectivity index (χ1) is 7.77. The van der Waals surface area contributed by atoms with Gasteiger partial charge in [-0.3, -0.25) is 0 Å². The molecule has 1 aliphatic heterocycles. The number of nitrogens with one attached hydrogen (secondary N) is 1. The van der Waals surface area contributed by atoms with Gasteiger partial charge in [-0.25, -0.2) is 4.39 Å². The molecule has 1 fully saturated rings. The molecule has 0 aromatic heterocycles. The molecule has 0 radical (unpaired) electrons. The summed E-state index contributed by atoms with van der Waals surface area (Å²) in [5, 5.41) is 3.24. The normalized spacial score (nSPS) is 26.0. The van der Waals surface area contributed by atoms with Crippen LogP contribution in [0.15, 0.2) is 12.2 Å². The Morgan fingerprint density at radius 3 is 2.81 bits per heavy atom. The molecular formula is C13H25FN2. The van der Waals surface area contributed by atoms with Gasteiger partial charge >= 0.3 is 0 Å². The third-order valence-electron chi connectivity index (χ3n) is 3.31. The Bertz CT molecular complexity index is 206. The van der Waals surface area contributed by atoms with E-state index in [0.717, 1.165) is 39.0 Å². The largest absolute Gasteiger partial charge is 0.311 e. The topological polar surface area (TPSA) is 15.3 Å². The molecule has 3 heteroatoms. The maximum absolute atomic E-state index is 13.4. The van der Waals surface area contributed by atoms with E-state index in [4.69, 9.17) is 0 Å². The second kappa shape index (κ2) is 7.80. The van der Waals surface area contributed by atoms with Crippen LogP contribution in [0.1, 0.15) is 33.1 Å². The van der Waals surface area contributed by atoms with E-state index in [2.05, 4.69) is 29.3 Å².